The van der Waals surface area contributed by atoms with Crippen molar-refractivity contribution in [2.45, 2.75) is 46.6 Å². The Labute approximate surface area is 162 Å². The van der Waals surface area contributed by atoms with Gasteiger partial charge in [-0.15, -0.1) is 0 Å². The van der Waals surface area contributed by atoms with E-state index in [2.05, 4.69) is 37.6 Å². The van der Waals surface area contributed by atoms with Gasteiger partial charge in [-0.1, -0.05) is 6.07 Å². The lowest BCUT2D eigenvalue weighted by Gasteiger charge is -2.25. The summed E-state index contributed by atoms with van der Waals surface area (Å²) in [5.74, 6) is 1.57. The van der Waals surface area contributed by atoms with Crippen molar-refractivity contribution in [3.63, 3.8) is 0 Å². The zero-order valence-corrected chi connectivity index (χ0v) is 17.6. The fourth-order valence-electron chi connectivity index (χ4n) is 3.64. The number of nitrogens with one attached hydrogen (secondary N) is 1. The maximum absolute atomic E-state index is 12.6. The highest BCUT2D eigenvalue weighted by atomic mass is 16.5. The fourth-order valence-corrected chi connectivity index (χ4v) is 3.64. The maximum atomic E-state index is 12.6. The molecule has 0 amide bonds. The number of aromatic nitrogens is 1. The van der Waals surface area contributed by atoms with Crippen LogP contribution in [0.15, 0.2) is 24.3 Å². The summed E-state index contributed by atoms with van der Waals surface area (Å²) in [6, 6.07) is 7.89. The van der Waals surface area contributed by atoms with Gasteiger partial charge in [-0.05, 0) is 71.3 Å². The van der Waals surface area contributed by atoms with E-state index in [-0.39, 0.29) is 11.3 Å². The molecule has 2 aromatic rings. The minimum absolute atomic E-state index is 0.0342. The zero-order chi connectivity index (χ0) is 20.2. The predicted octanol–water partition coefficient (Wildman–Crippen LogP) is 3.89. The standard InChI is InChI=1S/C22H32N2O3/c1-15-12-18(16(2)24(15)22(3,4)5)19(25)14-23-11-10-17-8-9-20(26-6)21(13-17)27-7/h8-9,12-13,23H,10-11,14H2,1-7H3. The van der Waals surface area contributed by atoms with Crippen molar-refractivity contribution in [1.82, 2.24) is 9.88 Å². The number of carbonyl (C=O) groups is 1. The van der Waals surface area contributed by atoms with Crippen LogP contribution in [0.5, 0.6) is 11.5 Å². The maximum Gasteiger partial charge on any atom is 0.178 e. The summed E-state index contributed by atoms with van der Waals surface area (Å²) < 4.78 is 12.8. The van der Waals surface area contributed by atoms with Crippen LogP contribution in [0.1, 0.15) is 48.1 Å². The van der Waals surface area contributed by atoms with Crippen molar-refractivity contribution in [1.29, 1.82) is 0 Å². The molecule has 148 valence electrons. The molecule has 0 fully saturated rings. The van der Waals surface area contributed by atoms with Gasteiger partial charge in [-0.25, -0.2) is 0 Å². The first-order chi connectivity index (χ1) is 12.7. The van der Waals surface area contributed by atoms with Gasteiger partial charge >= 0.3 is 0 Å². The van der Waals surface area contributed by atoms with Crippen LogP contribution in [0.3, 0.4) is 0 Å². The smallest absolute Gasteiger partial charge is 0.178 e. The number of rotatable bonds is 8. The van der Waals surface area contributed by atoms with Gasteiger partial charge in [0, 0.05) is 22.5 Å². The summed E-state index contributed by atoms with van der Waals surface area (Å²) in [5, 5.41) is 3.26. The molecular weight excluding hydrogens is 340 g/mol. The molecule has 0 saturated carbocycles. The summed E-state index contributed by atoms with van der Waals surface area (Å²) in [4.78, 5) is 12.6. The number of benzene rings is 1. The van der Waals surface area contributed by atoms with Crippen molar-refractivity contribution in [2.24, 2.45) is 0 Å². The SMILES string of the molecule is COc1ccc(CCNCC(=O)c2cc(C)n(C(C)(C)C)c2C)cc1OC. The van der Waals surface area contributed by atoms with E-state index in [9.17, 15) is 4.79 Å². The molecule has 0 bridgehead atoms. The molecule has 27 heavy (non-hydrogen) atoms. The molecule has 2 rings (SSSR count). The van der Waals surface area contributed by atoms with Gasteiger partial charge in [0.25, 0.3) is 0 Å². The number of hydrogen-bond acceptors (Lipinski definition) is 4. The number of nitrogens with zero attached hydrogens (tertiary/aromatic N) is 1. The highest BCUT2D eigenvalue weighted by molar-refractivity contribution is 5.99. The van der Waals surface area contributed by atoms with E-state index >= 15 is 0 Å². The first-order valence-corrected chi connectivity index (χ1v) is 9.33. The average molecular weight is 373 g/mol. The number of Topliss-reactive ketones (excluding diaryl/α,β-unsaturated/α-hetero) is 1. The van der Waals surface area contributed by atoms with Crippen molar-refractivity contribution in [3.05, 3.63) is 46.8 Å². The summed E-state index contributed by atoms with van der Waals surface area (Å²) in [6.45, 7) is 11.6. The molecular formula is C22H32N2O3. The van der Waals surface area contributed by atoms with Crippen LogP contribution in [0, 0.1) is 13.8 Å². The van der Waals surface area contributed by atoms with Gasteiger partial charge in [-0.3, -0.25) is 4.79 Å². The Bertz CT molecular complexity index is 801. The molecule has 1 aromatic carbocycles. The average Bonchev–Trinajstić information content (AvgIpc) is 2.92. The summed E-state index contributed by atoms with van der Waals surface area (Å²) in [6.07, 6.45) is 0.814. The molecule has 5 heteroatoms. The van der Waals surface area contributed by atoms with Crippen molar-refractivity contribution < 1.29 is 14.3 Å². The Hall–Kier alpha value is -2.27. The van der Waals surface area contributed by atoms with E-state index in [0.29, 0.717) is 6.54 Å². The molecule has 1 N–H and O–H groups in total. The lowest BCUT2D eigenvalue weighted by molar-refractivity contribution is 0.0990. The van der Waals surface area contributed by atoms with E-state index < -0.39 is 0 Å². The Morgan fingerprint density at radius 3 is 2.30 bits per heavy atom. The second-order valence-electron chi connectivity index (χ2n) is 7.83. The van der Waals surface area contributed by atoms with E-state index in [1.165, 1.54) is 0 Å². The lowest BCUT2D eigenvalue weighted by atomic mass is 10.1. The molecule has 1 heterocycles. The van der Waals surface area contributed by atoms with Crippen LogP contribution in [-0.2, 0) is 12.0 Å². The molecule has 0 unspecified atom stereocenters. The monoisotopic (exact) mass is 372 g/mol. The minimum atomic E-state index is -0.0342. The highest BCUT2D eigenvalue weighted by Crippen LogP contribution is 2.27. The zero-order valence-electron chi connectivity index (χ0n) is 17.6. The lowest BCUT2D eigenvalue weighted by Crippen LogP contribution is -2.27. The van der Waals surface area contributed by atoms with Crippen LogP contribution in [0.2, 0.25) is 0 Å². The van der Waals surface area contributed by atoms with Crippen LogP contribution < -0.4 is 14.8 Å². The van der Waals surface area contributed by atoms with Gasteiger partial charge in [-0.2, -0.15) is 0 Å². The van der Waals surface area contributed by atoms with Gasteiger partial charge in [0.05, 0.1) is 20.8 Å². The van der Waals surface area contributed by atoms with Crippen molar-refractivity contribution in [3.8, 4) is 11.5 Å². The van der Waals surface area contributed by atoms with Crippen LogP contribution in [-0.4, -0.2) is 37.7 Å². The molecule has 0 aliphatic rings. The number of aryl methyl sites for hydroxylation is 1. The summed E-state index contributed by atoms with van der Waals surface area (Å²) in [7, 11) is 3.26. The number of methoxy groups -OCH3 is 2. The molecule has 0 spiro atoms. The second-order valence-corrected chi connectivity index (χ2v) is 7.83. The van der Waals surface area contributed by atoms with Crippen molar-refractivity contribution >= 4 is 5.78 Å². The number of ether oxygens (including phenoxy) is 2. The Morgan fingerprint density at radius 1 is 1.07 bits per heavy atom. The normalized spacial score (nSPS) is 11.5. The van der Waals surface area contributed by atoms with E-state index in [4.69, 9.17) is 9.47 Å². The van der Waals surface area contributed by atoms with Gasteiger partial charge in [0.2, 0.25) is 0 Å². The largest absolute Gasteiger partial charge is 0.493 e. The van der Waals surface area contributed by atoms with Crippen LogP contribution >= 0.6 is 0 Å². The van der Waals surface area contributed by atoms with E-state index in [0.717, 1.165) is 47.0 Å². The molecule has 0 saturated heterocycles. The second kappa shape index (κ2) is 8.61. The molecule has 0 aliphatic carbocycles. The third kappa shape index (κ3) is 4.92. The number of carbonyl (C=O) groups excluding carboxylic acids is 1. The van der Waals surface area contributed by atoms with Crippen molar-refractivity contribution in [2.75, 3.05) is 27.3 Å². The Kier molecular flexibility index (Phi) is 6.71. The van der Waals surface area contributed by atoms with Gasteiger partial charge in [0.1, 0.15) is 0 Å². The number of ketones is 1. The van der Waals surface area contributed by atoms with E-state index in [1.807, 2.05) is 31.2 Å². The first kappa shape index (κ1) is 21.0. The molecule has 1 aromatic heterocycles. The summed E-state index contributed by atoms with van der Waals surface area (Å²) in [5.41, 5.74) is 4.06. The van der Waals surface area contributed by atoms with Crippen LogP contribution in [0.25, 0.3) is 0 Å². The number of hydrogen-bond donors (Lipinski definition) is 1. The third-order valence-corrected chi connectivity index (χ3v) is 4.73. The Morgan fingerprint density at radius 2 is 1.74 bits per heavy atom. The molecule has 0 aliphatic heterocycles. The Balaban J connectivity index is 1.94. The van der Waals surface area contributed by atoms with Gasteiger partial charge in [0.15, 0.2) is 17.3 Å². The predicted molar refractivity (Wildman–Crippen MR) is 109 cm³/mol. The fraction of sp³-hybridized carbons (Fsp3) is 0.500. The molecule has 0 radical (unpaired) electrons. The summed E-state index contributed by atoms with van der Waals surface area (Å²) >= 11 is 0. The van der Waals surface area contributed by atoms with E-state index in [1.54, 1.807) is 14.2 Å². The third-order valence-electron chi connectivity index (χ3n) is 4.73. The van der Waals surface area contributed by atoms with Crippen LogP contribution in [0.4, 0.5) is 0 Å². The molecule has 5 nitrogen and oxygen atoms in total. The van der Waals surface area contributed by atoms with Gasteiger partial charge < -0.3 is 19.4 Å². The highest BCUT2D eigenvalue weighted by Gasteiger charge is 2.22. The minimum Gasteiger partial charge on any atom is -0.493 e. The molecule has 0 atom stereocenters. The quantitative estimate of drug-likeness (QED) is 0.564. The first-order valence-electron chi connectivity index (χ1n) is 9.33. The topological polar surface area (TPSA) is 52.5 Å².